The van der Waals surface area contributed by atoms with Gasteiger partial charge in [0.15, 0.2) is 0 Å². The number of fused-ring (bicyclic) bond motifs is 3. The Balaban J connectivity index is 1.71. The maximum absolute atomic E-state index is 11.2. The van der Waals surface area contributed by atoms with Crippen LogP contribution in [0.25, 0.3) is 21.8 Å². The van der Waals surface area contributed by atoms with Crippen molar-refractivity contribution in [3.8, 4) is 0 Å². The molecule has 0 aliphatic rings. The third-order valence-electron chi connectivity index (χ3n) is 5.97. The molecule has 8 nitrogen and oxygen atoms in total. The Labute approximate surface area is 194 Å². The molecule has 5 aromatic rings. The van der Waals surface area contributed by atoms with Gasteiger partial charge in [0, 0.05) is 69.7 Å². The summed E-state index contributed by atoms with van der Waals surface area (Å²) in [4.78, 5) is 23.4. The molecule has 34 heavy (non-hydrogen) atoms. The van der Waals surface area contributed by atoms with Crippen LogP contribution in [0.15, 0.2) is 91.0 Å². The minimum absolute atomic E-state index is 0.00568. The molecule has 0 saturated heterocycles. The predicted molar refractivity (Wildman–Crippen MR) is 133 cm³/mol. The van der Waals surface area contributed by atoms with E-state index in [-0.39, 0.29) is 11.4 Å². The molecule has 0 amide bonds. The van der Waals surface area contributed by atoms with E-state index in [4.69, 9.17) is 0 Å². The number of nitro benzene ring substituents is 2. The summed E-state index contributed by atoms with van der Waals surface area (Å²) in [5, 5.41) is 24.5. The zero-order chi connectivity index (χ0) is 23.8. The maximum atomic E-state index is 11.2. The van der Waals surface area contributed by atoms with Crippen molar-refractivity contribution in [3.05, 3.63) is 111 Å². The van der Waals surface area contributed by atoms with Crippen molar-refractivity contribution in [2.24, 2.45) is 0 Å². The van der Waals surface area contributed by atoms with Crippen LogP contribution in [-0.4, -0.2) is 14.4 Å². The lowest BCUT2D eigenvalue weighted by Gasteiger charge is -2.25. The van der Waals surface area contributed by atoms with Crippen LogP contribution >= 0.6 is 0 Å². The topological polar surface area (TPSA) is 94.5 Å². The van der Waals surface area contributed by atoms with Crippen molar-refractivity contribution < 1.29 is 9.85 Å². The van der Waals surface area contributed by atoms with E-state index in [9.17, 15) is 20.2 Å². The van der Waals surface area contributed by atoms with Gasteiger partial charge in [-0.25, -0.2) is 0 Å². The number of aryl methyl sites for hydroxylation is 1. The fourth-order valence-electron chi connectivity index (χ4n) is 4.42. The Kier molecular flexibility index (Phi) is 5.18. The lowest BCUT2D eigenvalue weighted by Crippen LogP contribution is -2.10. The molecule has 5 rings (SSSR count). The lowest BCUT2D eigenvalue weighted by molar-refractivity contribution is -0.385. The van der Waals surface area contributed by atoms with E-state index >= 15 is 0 Å². The van der Waals surface area contributed by atoms with Gasteiger partial charge >= 0.3 is 0 Å². The van der Waals surface area contributed by atoms with Crippen molar-refractivity contribution in [1.82, 2.24) is 4.57 Å². The summed E-state index contributed by atoms with van der Waals surface area (Å²) in [6, 6.07) is 26.9. The smallest absolute Gasteiger partial charge is 0.269 e. The van der Waals surface area contributed by atoms with Crippen molar-refractivity contribution >= 4 is 50.2 Å². The average molecular weight is 452 g/mol. The highest BCUT2D eigenvalue weighted by atomic mass is 16.6. The monoisotopic (exact) mass is 452 g/mol. The van der Waals surface area contributed by atoms with Crippen molar-refractivity contribution in [3.63, 3.8) is 0 Å². The quantitative estimate of drug-likeness (QED) is 0.202. The molecular formula is C26H20N4O4. The van der Waals surface area contributed by atoms with E-state index in [0.29, 0.717) is 11.4 Å². The SMILES string of the molecule is CCn1c2ccccc2c2cc(N(c3ccc([N+](=O)[O-])cc3)c3ccc([N+](=O)[O-])cc3)ccc21. The van der Waals surface area contributed by atoms with E-state index in [1.54, 1.807) is 24.3 Å². The maximum Gasteiger partial charge on any atom is 0.269 e. The summed E-state index contributed by atoms with van der Waals surface area (Å²) < 4.78 is 2.26. The van der Waals surface area contributed by atoms with Gasteiger partial charge in [-0.1, -0.05) is 18.2 Å². The Morgan fingerprint density at radius 2 is 1.18 bits per heavy atom. The fourth-order valence-corrected chi connectivity index (χ4v) is 4.42. The van der Waals surface area contributed by atoms with Gasteiger partial charge in [0.05, 0.1) is 9.85 Å². The van der Waals surface area contributed by atoms with E-state index < -0.39 is 9.85 Å². The van der Waals surface area contributed by atoms with Gasteiger partial charge in [0.2, 0.25) is 0 Å². The third-order valence-corrected chi connectivity index (χ3v) is 5.97. The molecule has 0 saturated carbocycles. The van der Waals surface area contributed by atoms with E-state index in [1.165, 1.54) is 24.3 Å². The highest BCUT2D eigenvalue weighted by Gasteiger charge is 2.18. The molecule has 0 bridgehead atoms. The molecule has 0 fully saturated rings. The number of hydrogen-bond acceptors (Lipinski definition) is 5. The van der Waals surface area contributed by atoms with Crippen molar-refractivity contribution in [2.45, 2.75) is 13.5 Å². The average Bonchev–Trinajstić information content (AvgIpc) is 3.18. The minimum Gasteiger partial charge on any atom is -0.341 e. The Bertz CT molecular complexity index is 1480. The van der Waals surface area contributed by atoms with E-state index in [2.05, 4.69) is 35.8 Å². The van der Waals surface area contributed by atoms with Gasteiger partial charge < -0.3 is 9.47 Å². The van der Waals surface area contributed by atoms with Gasteiger partial charge in [-0.05, 0) is 55.5 Å². The Hall–Kier alpha value is -4.72. The number of non-ortho nitro benzene ring substituents is 2. The summed E-state index contributed by atoms with van der Waals surface area (Å²) in [5.41, 5.74) is 4.50. The molecule has 0 radical (unpaired) electrons. The number of benzene rings is 4. The molecule has 0 unspecified atom stereocenters. The number of para-hydroxylation sites is 1. The molecule has 4 aromatic carbocycles. The molecule has 0 aliphatic heterocycles. The second kappa shape index (κ2) is 8.32. The van der Waals surface area contributed by atoms with Crippen LogP contribution < -0.4 is 4.90 Å². The molecule has 0 N–H and O–H groups in total. The standard InChI is InChI=1S/C26H20N4O4/c1-2-27-25-6-4-3-5-23(25)24-17-22(15-16-26(24)27)28(18-7-11-20(12-8-18)29(31)32)19-9-13-21(14-10-19)30(33)34/h3-17H,2H2,1H3. The first-order chi connectivity index (χ1) is 16.5. The normalized spacial score (nSPS) is 11.1. The zero-order valence-corrected chi connectivity index (χ0v) is 18.3. The van der Waals surface area contributed by atoms with E-state index in [0.717, 1.165) is 34.0 Å². The highest BCUT2D eigenvalue weighted by Crippen LogP contribution is 2.39. The predicted octanol–water partition coefficient (Wildman–Crippen LogP) is 7.10. The van der Waals surface area contributed by atoms with Gasteiger partial charge in [-0.3, -0.25) is 20.2 Å². The number of nitrogens with zero attached hydrogens (tertiary/aromatic N) is 4. The molecule has 1 heterocycles. The number of rotatable bonds is 6. The van der Waals surface area contributed by atoms with Gasteiger partial charge in [-0.2, -0.15) is 0 Å². The third kappa shape index (κ3) is 3.51. The number of anilines is 3. The molecule has 168 valence electrons. The van der Waals surface area contributed by atoms with Gasteiger partial charge in [0.25, 0.3) is 11.4 Å². The fraction of sp³-hybridized carbons (Fsp3) is 0.0769. The zero-order valence-electron chi connectivity index (χ0n) is 18.3. The summed E-state index contributed by atoms with van der Waals surface area (Å²) in [7, 11) is 0. The molecule has 1 aromatic heterocycles. The van der Waals surface area contributed by atoms with Crippen LogP contribution in [0.5, 0.6) is 0 Å². The molecule has 8 heteroatoms. The van der Waals surface area contributed by atoms with Gasteiger partial charge in [0.1, 0.15) is 0 Å². The number of hydrogen-bond donors (Lipinski definition) is 0. The first-order valence-corrected chi connectivity index (χ1v) is 10.8. The summed E-state index contributed by atoms with van der Waals surface area (Å²) >= 11 is 0. The van der Waals surface area contributed by atoms with Gasteiger partial charge in [-0.15, -0.1) is 0 Å². The highest BCUT2D eigenvalue weighted by molar-refractivity contribution is 6.09. The van der Waals surface area contributed by atoms with Crippen LogP contribution in [0.1, 0.15) is 6.92 Å². The van der Waals surface area contributed by atoms with Crippen LogP contribution in [0.2, 0.25) is 0 Å². The first-order valence-electron chi connectivity index (χ1n) is 10.8. The van der Waals surface area contributed by atoms with Crippen LogP contribution in [0, 0.1) is 20.2 Å². The summed E-state index contributed by atoms with van der Waals surface area (Å²) in [5.74, 6) is 0. The van der Waals surface area contributed by atoms with Crippen LogP contribution in [0.4, 0.5) is 28.4 Å². The molecule has 0 atom stereocenters. The van der Waals surface area contributed by atoms with Crippen LogP contribution in [0.3, 0.4) is 0 Å². The second-order valence-corrected chi connectivity index (χ2v) is 7.85. The van der Waals surface area contributed by atoms with Crippen molar-refractivity contribution in [2.75, 3.05) is 4.90 Å². The first kappa shape index (κ1) is 21.1. The Morgan fingerprint density at radius 3 is 1.71 bits per heavy atom. The number of aromatic nitrogens is 1. The summed E-state index contributed by atoms with van der Waals surface area (Å²) in [6.07, 6.45) is 0. The minimum atomic E-state index is -0.439. The molecule has 0 spiro atoms. The van der Waals surface area contributed by atoms with Crippen LogP contribution in [-0.2, 0) is 6.54 Å². The second-order valence-electron chi connectivity index (χ2n) is 7.85. The largest absolute Gasteiger partial charge is 0.341 e. The summed E-state index contributed by atoms with van der Waals surface area (Å²) in [6.45, 7) is 2.94. The van der Waals surface area contributed by atoms with E-state index in [1.807, 2.05) is 23.1 Å². The number of nitro groups is 2. The molecular weight excluding hydrogens is 432 g/mol. The van der Waals surface area contributed by atoms with Crippen molar-refractivity contribution in [1.29, 1.82) is 0 Å². The molecule has 0 aliphatic carbocycles. The Morgan fingerprint density at radius 1 is 0.676 bits per heavy atom. The lowest BCUT2D eigenvalue weighted by atomic mass is 10.1.